The Bertz CT molecular complexity index is 1650. The van der Waals surface area contributed by atoms with E-state index in [9.17, 15) is 14.7 Å². The molecule has 2 amide bonds. The molecule has 0 aliphatic carbocycles. The number of nitrogens with one attached hydrogen (secondary N) is 2. The number of benzene rings is 2. The van der Waals surface area contributed by atoms with Gasteiger partial charge in [-0.1, -0.05) is 30.3 Å². The van der Waals surface area contributed by atoms with Gasteiger partial charge in [0, 0.05) is 24.8 Å². The Hall–Kier alpha value is -4.80. The summed E-state index contributed by atoms with van der Waals surface area (Å²) in [5, 5.41) is 9.56. The number of hydrogen-bond donors (Lipinski definition) is 3. The van der Waals surface area contributed by atoms with Crippen molar-refractivity contribution in [1.29, 1.82) is 0 Å². The molecule has 2 aromatic heterocycles. The second kappa shape index (κ2) is 11.7. The van der Waals surface area contributed by atoms with Crippen molar-refractivity contribution >= 4 is 12.2 Å². The maximum absolute atomic E-state index is 12.8. The van der Waals surface area contributed by atoms with Crippen LogP contribution in [0.2, 0.25) is 0 Å². The van der Waals surface area contributed by atoms with Crippen molar-refractivity contribution in [3.05, 3.63) is 66.5 Å². The Kier molecular flexibility index (Phi) is 7.79. The van der Waals surface area contributed by atoms with Gasteiger partial charge in [0.1, 0.15) is 23.0 Å². The van der Waals surface area contributed by atoms with E-state index in [0.717, 1.165) is 59.5 Å². The number of likely N-dealkylation sites (tertiary alicyclic amines) is 2. The van der Waals surface area contributed by atoms with E-state index in [4.69, 9.17) is 14.5 Å². The minimum absolute atomic E-state index is 0.140. The lowest BCUT2D eigenvalue weighted by atomic mass is 9.99. The van der Waals surface area contributed by atoms with E-state index in [0.29, 0.717) is 30.4 Å². The van der Waals surface area contributed by atoms with E-state index in [2.05, 4.69) is 27.1 Å². The summed E-state index contributed by atoms with van der Waals surface area (Å²) in [5.74, 6) is 2.08. The number of carbonyl (C=O) groups excluding carboxylic acids is 1. The predicted molar refractivity (Wildman–Crippen MR) is 165 cm³/mol. The molecule has 2 aromatic carbocycles. The number of nitrogens with zero attached hydrogens (tertiary/aromatic N) is 4. The number of carboxylic acid groups (broad SMARTS) is 1. The van der Waals surface area contributed by atoms with Gasteiger partial charge in [0.2, 0.25) is 0 Å². The van der Waals surface area contributed by atoms with Gasteiger partial charge >= 0.3 is 12.2 Å². The van der Waals surface area contributed by atoms with Crippen LogP contribution in [0.25, 0.3) is 33.6 Å². The molecule has 2 aliphatic rings. The smallest absolute Gasteiger partial charge is 0.410 e. The summed E-state index contributed by atoms with van der Waals surface area (Å²) in [6.07, 6.45) is 5.67. The second-order valence-corrected chi connectivity index (χ2v) is 12.3. The third-order valence-electron chi connectivity index (χ3n) is 8.21. The Morgan fingerprint density at radius 1 is 0.932 bits per heavy atom. The van der Waals surface area contributed by atoms with Gasteiger partial charge in [0.15, 0.2) is 0 Å². The molecule has 0 unspecified atom stereocenters. The molecule has 11 heteroatoms. The van der Waals surface area contributed by atoms with Gasteiger partial charge in [-0.2, -0.15) is 0 Å². The van der Waals surface area contributed by atoms with Gasteiger partial charge in [-0.3, -0.25) is 9.80 Å². The number of aromatic nitrogens is 4. The zero-order chi connectivity index (χ0) is 31.0. The molecule has 44 heavy (non-hydrogen) atoms. The molecule has 0 spiro atoms. The monoisotopic (exact) mass is 598 g/mol. The first-order chi connectivity index (χ1) is 21.1. The van der Waals surface area contributed by atoms with Crippen molar-refractivity contribution in [3.63, 3.8) is 0 Å². The van der Waals surface area contributed by atoms with Crippen LogP contribution in [-0.4, -0.2) is 72.8 Å². The van der Waals surface area contributed by atoms with Crippen molar-refractivity contribution in [2.45, 2.75) is 64.1 Å². The fourth-order valence-electron chi connectivity index (χ4n) is 6.10. The van der Waals surface area contributed by atoms with Crippen LogP contribution in [0.15, 0.2) is 54.9 Å². The summed E-state index contributed by atoms with van der Waals surface area (Å²) in [5.41, 5.74) is 4.85. The summed E-state index contributed by atoms with van der Waals surface area (Å²) in [6.45, 7) is 6.78. The maximum atomic E-state index is 12.8. The van der Waals surface area contributed by atoms with E-state index < -0.39 is 11.7 Å². The van der Waals surface area contributed by atoms with Crippen LogP contribution >= 0.6 is 0 Å². The quantitative estimate of drug-likeness (QED) is 0.217. The molecule has 3 N–H and O–H groups in total. The van der Waals surface area contributed by atoms with Crippen molar-refractivity contribution < 1.29 is 24.2 Å². The van der Waals surface area contributed by atoms with Gasteiger partial charge in [-0.25, -0.2) is 19.6 Å². The number of amides is 2. The summed E-state index contributed by atoms with van der Waals surface area (Å²) in [6, 6.07) is 13.8. The third kappa shape index (κ3) is 5.86. The molecule has 230 valence electrons. The van der Waals surface area contributed by atoms with Crippen molar-refractivity contribution in [2.75, 3.05) is 20.2 Å². The molecule has 2 fully saturated rings. The fraction of sp³-hybridized carbons (Fsp3) is 0.394. The number of hydrogen-bond acceptors (Lipinski definition) is 6. The molecule has 0 bridgehead atoms. The highest BCUT2D eigenvalue weighted by atomic mass is 16.6. The van der Waals surface area contributed by atoms with Crippen molar-refractivity contribution in [2.24, 2.45) is 0 Å². The highest BCUT2D eigenvalue weighted by molar-refractivity contribution is 5.77. The zero-order valence-electron chi connectivity index (χ0n) is 25.5. The molecular weight excluding hydrogens is 560 g/mol. The minimum atomic E-state index is -0.930. The first kappa shape index (κ1) is 29.3. The summed E-state index contributed by atoms with van der Waals surface area (Å²) >= 11 is 0. The zero-order valence-corrected chi connectivity index (χ0v) is 25.5. The van der Waals surface area contributed by atoms with Crippen LogP contribution in [0.3, 0.4) is 0 Å². The van der Waals surface area contributed by atoms with Gasteiger partial charge in [0.05, 0.1) is 36.8 Å². The first-order valence-corrected chi connectivity index (χ1v) is 15.0. The number of ether oxygens (including phenoxy) is 2. The van der Waals surface area contributed by atoms with Gasteiger partial charge in [-0.05, 0) is 75.3 Å². The van der Waals surface area contributed by atoms with Gasteiger partial charge in [0.25, 0.3) is 0 Å². The van der Waals surface area contributed by atoms with Crippen LogP contribution < -0.4 is 4.74 Å². The van der Waals surface area contributed by atoms with Crippen molar-refractivity contribution in [3.8, 4) is 39.4 Å². The van der Waals surface area contributed by atoms with Crippen LogP contribution in [-0.2, 0) is 4.74 Å². The normalized spacial score (nSPS) is 18.5. The number of H-pyrrole nitrogens is 2. The first-order valence-electron chi connectivity index (χ1n) is 15.0. The number of imidazole rings is 2. The Balaban J connectivity index is 1.21. The Morgan fingerprint density at radius 3 is 2.27 bits per heavy atom. The molecule has 4 heterocycles. The summed E-state index contributed by atoms with van der Waals surface area (Å²) in [4.78, 5) is 43.7. The Labute approximate surface area is 256 Å². The Morgan fingerprint density at radius 2 is 1.59 bits per heavy atom. The molecule has 2 atom stereocenters. The average molecular weight is 599 g/mol. The van der Waals surface area contributed by atoms with Crippen LogP contribution in [0.1, 0.15) is 70.2 Å². The van der Waals surface area contributed by atoms with E-state index >= 15 is 0 Å². The van der Waals surface area contributed by atoms with Crippen LogP contribution in [0.4, 0.5) is 9.59 Å². The molecule has 2 aliphatic heterocycles. The lowest BCUT2D eigenvalue weighted by molar-refractivity contribution is 0.0218. The fourth-order valence-corrected chi connectivity index (χ4v) is 6.10. The van der Waals surface area contributed by atoms with E-state index in [-0.39, 0.29) is 18.2 Å². The van der Waals surface area contributed by atoms with E-state index in [1.165, 1.54) is 4.90 Å². The molecule has 11 nitrogen and oxygen atoms in total. The summed E-state index contributed by atoms with van der Waals surface area (Å²) < 4.78 is 11.3. The number of carbonyl (C=O) groups is 2. The number of methoxy groups -OCH3 is 1. The number of rotatable bonds is 6. The molecule has 2 saturated heterocycles. The van der Waals surface area contributed by atoms with Gasteiger partial charge < -0.3 is 24.5 Å². The minimum Gasteiger partial charge on any atom is -0.496 e. The second-order valence-electron chi connectivity index (χ2n) is 12.3. The largest absolute Gasteiger partial charge is 0.496 e. The summed E-state index contributed by atoms with van der Waals surface area (Å²) in [7, 11) is 1.63. The predicted octanol–water partition coefficient (Wildman–Crippen LogP) is 7.03. The molecule has 4 aromatic rings. The molecule has 0 radical (unpaired) electrons. The van der Waals surface area contributed by atoms with Crippen molar-refractivity contribution in [1.82, 2.24) is 29.7 Å². The highest BCUT2D eigenvalue weighted by Gasteiger charge is 2.35. The number of aromatic amines is 2. The lowest BCUT2D eigenvalue weighted by Gasteiger charge is -2.27. The van der Waals surface area contributed by atoms with Gasteiger partial charge in [-0.15, -0.1) is 0 Å². The van der Waals surface area contributed by atoms with Crippen LogP contribution in [0, 0.1) is 0 Å². The standard InChI is InChI=1S/C33H38N6O5/c1-33(2,3)44-32(42)39-16-6-8-27(39)30-34-18-24(36-30)21-11-9-20(10-12-21)22-13-14-28(43-4)23(17-22)25-19-35-29(37-25)26-7-5-15-38(26)31(40)41/h9-14,17-19,26-27H,5-8,15-16H2,1-4H3,(H,34,36)(H,35,37)(H,40,41)/t26-,27-/m0/s1. The van der Waals surface area contributed by atoms with E-state index in [1.54, 1.807) is 12.0 Å². The van der Waals surface area contributed by atoms with Crippen LogP contribution in [0.5, 0.6) is 5.75 Å². The van der Waals surface area contributed by atoms with E-state index in [1.807, 2.05) is 63.5 Å². The maximum Gasteiger partial charge on any atom is 0.410 e. The highest BCUT2D eigenvalue weighted by Crippen LogP contribution is 2.37. The average Bonchev–Trinajstić information content (AvgIpc) is 3.81. The third-order valence-corrected chi connectivity index (χ3v) is 8.21. The lowest BCUT2D eigenvalue weighted by Crippen LogP contribution is -2.36. The topological polar surface area (TPSA) is 137 Å². The molecule has 0 saturated carbocycles. The molecular formula is C33H38N6O5. The SMILES string of the molecule is COc1ccc(-c2ccc(-c3cnc([C@@H]4CCCN4C(=O)OC(C)(C)C)[nH]3)cc2)cc1-c1c[nH]c([C@@H]2CCCN2C(=O)O)n1. The molecule has 6 rings (SSSR count).